The highest BCUT2D eigenvalue weighted by Crippen LogP contribution is 2.33. The quantitative estimate of drug-likeness (QED) is 0.661. The van der Waals surface area contributed by atoms with E-state index < -0.39 is 0 Å². The molecule has 0 aromatic heterocycles. The minimum atomic E-state index is 0.373. The Hall–Kier alpha value is -0.820. The number of rotatable bonds is 5. The first-order valence-electron chi connectivity index (χ1n) is 6.11. The number of hydrogen-bond acceptors (Lipinski definition) is 1. The van der Waals surface area contributed by atoms with Crippen molar-refractivity contribution >= 4 is 0 Å². The minimum absolute atomic E-state index is 0.373. The molecule has 1 nitrogen and oxygen atoms in total. The van der Waals surface area contributed by atoms with E-state index in [-0.39, 0.29) is 0 Å². The van der Waals surface area contributed by atoms with Gasteiger partial charge in [-0.15, -0.1) is 0 Å². The highest BCUT2D eigenvalue weighted by Gasteiger charge is 2.21. The molecule has 1 aromatic rings. The summed E-state index contributed by atoms with van der Waals surface area (Å²) in [4.78, 5) is 0. The molecule has 1 aliphatic carbocycles. The second-order valence-corrected chi connectivity index (χ2v) is 4.30. The highest BCUT2D eigenvalue weighted by molar-refractivity contribution is 5.33. The van der Waals surface area contributed by atoms with E-state index in [0.29, 0.717) is 6.10 Å². The molecule has 82 valence electrons. The van der Waals surface area contributed by atoms with Crippen LogP contribution >= 0.6 is 0 Å². The molecule has 2 rings (SSSR count). The van der Waals surface area contributed by atoms with E-state index >= 15 is 0 Å². The molecular weight excluding hydrogens is 184 g/mol. The molecule has 0 radical (unpaired) electrons. The second-order valence-electron chi connectivity index (χ2n) is 4.30. The Bertz CT molecular complexity index is 306. The van der Waals surface area contributed by atoms with E-state index in [1.807, 2.05) is 0 Å². The SMILES string of the molecule is CCCCCO[C@H]1CCc2ccccc21. The molecule has 0 saturated heterocycles. The van der Waals surface area contributed by atoms with Gasteiger partial charge in [0.25, 0.3) is 0 Å². The Balaban J connectivity index is 1.85. The fourth-order valence-corrected chi connectivity index (χ4v) is 2.27. The van der Waals surface area contributed by atoms with Crippen LogP contribution in [0, 0.1) is 0 Å². The number of aryl methyl sites for hydroxylation is 1. The minimum Gasteiger partial charge on any atom is -0.374 e. The first-order valence-corrected chi connectivity index (χ1v) is 6.11. The van der Waals surface area contributed by atoms with Crippen LogP contribution in [0.15, 0.2) is 24.3 Å². The first-order chi connectivity index (χ1) is 7.42. The van der Waals surface area contributed by atoms with E-state index in [4.69, 9.17) is 4.74 Å². The van der Waals surface area contributed by atoms with Crippen molar-refractivity contribution in [1.29, 1.82) is 0 Å². The normalized spacial score (nSPS) is 19.1. The van der Waals surface area contributed by atoms with Crippen molar-refractivity contribution in [3.8, 4) is 0 Å². The number of hydrogen-bond donors (Lipinski definition) is 0. The number of unbranched alkanes of at least 4 members (excludes halogenated alkanes) is 2. The van der Waals surface area contributed by atoms with Crippen LogP contribution in [0.25, 0.3) is 0 Å². The van der Waals surface area contributed by atoms with Gasteiger partial charge in [-0.1, -0.05) is 44.0 Å². The van der Waals surface area contributed by atoms with Crippen LogP contribution < -0.4 is 0 Å². The summed E-state index contributed by atoms with van der Waals surface area (Å²) in [5, 5.41) is 0. The fraction of sp³-hybridized carbons (Fsp3) is 0.571. The summed E-state index contributed by atoms with van der Waals surface area (Å²) in [5.74, 6) is 0. The van der Waals surface area contributed by atoms with Gasteiger partial charge in [0.05, 0.1) is 6.10 Å². The molecule has 15 heavy (non-hydrogen) atoms. The maximum Gasteiger partial charge on any atom is 0.0830 e. The molecule has 0 saturated carbocycles. The lowest BCUT2D eigenvalue weighted by atomic mass is 10.1. The van der Waals surface area contributed by atoms with Gasteiger partial charge in [0.1, 0.15) is 0 Å². The molecule has 0 unspecified atom stereocenters. The molecule has 1 aromatic carbocycles. The van der Waals surface area contributed by atoms with E-state index in [2.05, 4.69) is 31.2 Å². The Labute approximate surface area is 92.5 Å². The van der Waals surface area contributed by atoms with E-state index in [0.717, 1.165) is 6.61 Å². The standard InChI is InChI=1S/C14H20O/c1-2-3-6-11-15-14-10-9-12-7-4-5-8-13(12)14/h4-5,7-8,14H,2-3,6,9-11H2,1H3/t14-/m0/s1. The van der Waals surface area contributed by atoms with Gasteiger partial charge in [0.2, 0.25) is 0 Å². The summed E-state index contributed by atoms with van der Waals surface area (Å²) in [7, 11) is 0. The summed E-state index contributed by atoms with van der Waals surface area (Å²) in [6, 6.07) is 8.68. The van der Waals surface area contributed by atoms with Gasteiger partial charge >= 0.3 is 0 Å². The van der Waals surface area contributed by atoms with Gasteiger partial charge in [0.15, 0.2) is 0 Å². The van der Waals surface area contributed by atoms with Crippen molar-refractivity contribution in [3.05, 3.63) is 35.4 Å². The van der Waals surface area contributed by atoms with Crippen LogP contribution in [0.5, 0.6) is 0 Å². The molecular formula is C14H20O. The predicted molar refractivity (Wildman–Crippen MR) is 63.0 cm³/mol. The third kappa shape index (κ3) is 2.60. The molecule has 0 fully saturated rings. The zero-order chi connectivity index (χ0) is 10.5. The molecule has 0 amide bonds. The lowest BCUT2D eigenvalue weighted by Crippen LogP contribution is -2.01. The van der Waals surface area contributed by atoms with Gasteiger partial charge in [-0.25, -0.2) is 0 Å². The van der Waals surface area contributed by atoms with Gasteiger partial charge in [-0.05, 0) is 30.4 Å². The summed E-state index contributed by atoms with van der Waals surface area (Å²) < 4.78 is 5.93. The molecule has 0 heterocycles. The van der Waals surface area contributed by atoms with Crippen LogP contribution in [0.2, 0.25) is 0 Å². The molecule has 0 bridgehead atoms. The Morgan fingerprint density at radius 2 is 2.13 bits per heavy atom. The zero-order valence-electron chi connectivity index (χ0n) is 9.54. The van der Waals surface area contributed by atoms with Gasteiger partial charge in [-0.3, -0.25) is 0 Å². The van der Waals surface area contributed by atoms with Crippen LogP contribution in [-0.2, 0) is 11.2 Å². The zero-order valence-corrected chi connectivity index (χ0v) is 9.54. The number of benzene rings is 1. The molecule has 1 heteroatoms. The lowest BCUT2D eigenvalue weighted by molar-refractivity contribution is 0.0514. The monoisotopic (exact) mass is 204 g/mol. The van der Waals surface area contributed by atoms with Gasteiger partial charge in [-0.2, -0.15) is 0 Å². The Morgan fingerprint density at radius 3 is 3.00 bits per heavy atom. The predicted octanol–water partition coefficient (Wildman–Crippen LogP) is 3.88. The topological polar surface area (TPSA) is 9.23 Å². The van der Waals surface area contributed by atoms with Crippen molar-refractivity contribution in [1.82, 2.24) is 0 Å². The Kier molecular flexibility index (Phi) is 3.79. The first kappa shape index (κ1) is 10.7. The maximum absolute atomic E-state index is 5.93. The third-order valence-corrected chi connectivity index (χ3v) is 3.14. The van der Waals surface area contributed by atoms with Crippen molar-refractivity contribution in [3.63, 3.8) is 0 Å². The number of ether oxygens (including phenoxy) is 1. The molecule has 1 aliphatic rings. The van der Waals surface area contributed by atoms with Crippen LogP contribution in [0.3, 0.4) is 0 Å². The average molecular weight is 204 g/mol. The van der Waals surface area contributed by atoms with E-state index in [1.165, 1.54) is 43.2 Å². The van der Waals surface area contributed by atoms with Crippen LogP contribution in [0.1, 0.15) is 49.8 Å². The van der Waals surface area contributed by atoms with Crippen molar-refractivity contribution in [2.75, 3.05) is 6.61 Å². The van der Waals surface area contributed by atoms with E-state index in [9.17, 15) is 0 Å². The number of fused-ring (bicyclic) bond motifs is 1. The second kappa shape index (κ2) is 5.32. The molecule has 0 N–H and O–H groups in total. The molecule has 0 spiro atoms. The average Bonchev–Trinajstić information content (AvgIpc) is 2.68. The Morgan fingerprint density at radius 1 is 1.27 bits per heavy atom. The van der Waals surface area contributed by atoms with E-state index in [1.54, 1.807) is 0 Å². The summed E-state index contributed by atoms with van der Waals surface area (Å²) in [5.41, 5.74) is 2.91. The summed E-state index contributed by atoms with van der Waals surface area (Å²) in [6.07, 6.45) is 6.49. The maximum atomic E-state index is 5.93. The summed E-state index contributed by atoms with van der Waals surface area (Å²) >= 11 is 0. The lowest BCUT2D eigenvalue weighted by Gasteiger charge is -2.12. The molecule has 0 aliphatic heterocycles. The highest BCUT2D eigenvalue weighted by atomic mass is 16.5. The molecule has 1 atom stereocenters. The fourth-order valence-electron chi connectivity index (χ4n) is 2.27. The van der Waals surface area contributed by atoms with Gasteiger partial charge < -0.3 is 4.74 Å². The van der Waals surface area contributed by atoms with Crippen molar-refractivity contribution in [2.24, 2.45) is 0 Å². The summed E-state index contributed by atoms with van der Waals surface area (Å²) in [6.45, 7) is 3.15. The van der Waals surface area contributed by atoms with Crippen LogP contribution in [-0.4, -0.2) is 6.61 Å². The largest absolute Gasteiger partial charge is 0.374 e. The van der Waals surface area contributed by atoms with Gasteiger partial charge in [0, 0.05) is 6.61 Å². The van der Waals surface area contributed by atoms with Crippen molar-refractivity contribution < 1.29 is 4.74 Å². The van der Waals surface area contributed by atoms with Crippen LogP contribution in [0.4, 0.5) is 0 Å². The smallest absolute Gasteiger partial charge is 0.0830 e. The third-order valence-electron chi connectivity index (χ3n) is 3.14. The van der Waals surface area contributed by atoms with Crippen molar-refractivity contribution in [2.45, 2.75) is 45.1 Å².